The van der Waals surface area contributed by atoms with E-state index in [1.807, 2.05) is 13.0 Å². The number of fused-ring (bicyclic) bond motifs is 1. The molecule has 9 nitrogen and oxygen atoms in total. The summed E-state index contributed by atoms with van der Waals surface area (Å²) in [6.45, 7) is 5.51. The zero-order valence-corrected chi connectivity index (χ0v) is 20.9. The van der Waals surface area contributed by atoms with Gasteiger partial charge in [-0.25, -0.2) is 4.79 Å². The van der Waals surface area contributed by atoms with Crippen LogP contribution < -0.4 is 10.7 Å². The molecular formula is C27H29NO8. The second-order valence-electron chi connectivity index (χ2n) is 9.18. The molecule has 0 saturated carbocycles. The molecule has 9 heteroatoms. The highest BCUT2D eigenvalue weighted by molar-refractivity contribution is 6.12. The maximum absolute atomic E-state index is 13.8. The molecule has 1 aliphatic carbocycles. The molecule has 2 heterocycles. The monoisotopic (exact) mass is 495 g/mol. The zero-order valence-electron chi connectivity index (χ0n) is 20.9. The first-order valence-corrected chi connectivity index (χ1v) is 11.7. The first-order valence-electron chi connectivity index (χ1n) is 11.7. The Hall–Kier alpha value is -3.72. The lowest BCUT2D eigenvalue weighted by atomic mass is 9.69. The molecule has 1 N–H and O–H groups in total. The van der Waals surface area contributed by atoms with Crippen LogP contribution in [-0.2, 0) is 28.6 Å². The molecule has 1 aliphatic heterocycles. The molecule has 2 aromatic rings. The van der Waals surface area contributed by atoms with E-state index in [0.29, 0.717) is 28.8 Å². The Kier molecular flexibility index (Phi) is 7.12. The molecule has 0 unspecified atom stereocenters. The molecular weight excluding hydrogens is 466 g/mol. The Morgan fingerprint density at radius 2 is 1.89 bits per heavy atom. The van der Waals surface area contributed by atoms with Gasteiger partial charge in [0.05, 0.1) is 36.9 Å². The summed E-state index contributed by atoms with van der Waals surface area (Å²) in [6.07, 6.45) is 1.65. The number of ketones is 1. The summed E-state index contributed by atoms with van der Waals surface area (Å²) in [6, 6.07) is 5.23. The highest BCUT2D eigenvalue weighted by Gasteiger charge is 2.48. The number of hydrogen-bond acceptors (Lipinski definition) is 9. The molecule has 2 aliphatic rings. The maximum atomic E-state index is 13.8. The van der Waals surface area contributed by atoms with Crippen LogP contribution in [0.2, 0.25) is 0 Å². The third kappa shape index (κ3) is 4.35. The normalized spacial score (nSPS) is 21.8. The highest BCUT2D eigenvalue weighted by Crippen LogP contribution is 2.45. The average Bonchev–Trinajstić information content (AvgIpc) is 2.83. The van der Waals surface area contributed by atoms with Crippen molar-refractivity contribution in [1.82, 2.24) is 5.32 Å². The second kappa shape index (κ2) is 10.1. The van der Waals surface area contributed by atoms with E-state index in [-0.39, 0.29) is 41.3 Å². The number of hydrogen-bond donors (Lipinski definition) is 1. The Labute approximate surface area is 208 Å². The van der Waals surface area contributed by atoms with Gasteiger partial charge in [-0.2, -0.15) is 0 Å². The minimum Gasteiger partial charge on any atom is -0.468 e. The number of ether oxygens (including phenoxy) is 3. The molecule has 0 bridgehead atoms. The van der Waals surface area contributed by atoms with Gasteiger partial charge in [-0.3, -0.25) is 14.4 Å². The summed E-state index contributed by atoms with van der Waals surface area (Å²) in [5.41, 5.74) is 2.30. The van der Waals surface area contributed by atoms with Crippen LogP contribution in [0.15, 0.2) is 56.2 Å². The highest BCUT2D eigenvalue weighted by atomic mass is 16.6. The summed E-state index contributed by atoms with van der Waals surface area (Å²) in [5, 5.41) is 3.50. The number of methoxy groups -OCH3 is 2. The Morgan fingerprint density at radius 1 is 1.14 bits per heavy atom. The van der Waals surface area contributed by atoms with Gasteiger partial charge in [0.15, 0.2) is 11.2 Å². The molecule has 0 fully saturated rings. The van der Waals surface area contributed by atoms with Crippen molar-refractivity contribution in [3.63, 3.8) is 0 Å². The molecule has 190 valence electrons. The molecule has 1 aromatic heterocycles. The smallest absolute Gasteiger partial charge is 0.336 e. The van der Waals surface area contributed by atoms with Crippen LogP contribution in [0.1, 0.15) is 37.3 Å². The second-order valence-corrected chi connectivity index (χ2v) is 9.18. The lowest BCUT2D eigenvalue weighted by molar-refractivity contribution is -0.151. The van der Waals surface area contributed by atoms with Crippen molar-refractivity contribution < 1.29 is 33.0 Å². The van der Waals surface area contributed by atoms with Gasteiger partial charge in [0.25, 0.3) is 0 Å². The van der Waals surface area contributed by atoms with Crippen molar-refractivity contribution in [2.24, 2.45) is 11.8 Å². The van der Waals surface area contributed by atoms with Gasteiger partial charge in [-0.1, -0.05) is 18.6 Å². The van der Waals surface area contributed by atoms with Crippen LogP contribution in [0.3, 0.4) is 0 Å². The van der Waals surface area contributed by atoms with Gasteiger partial charge >= 0.3 is 11.9 Å². The number of carbonyl (C=O) groups is 3. The third-order valence-corrected chi connectivity index (χ3v) is 6.75. The SMILES string of the molecule is COCCOC(=O)C1=C(C)NC2=C(C(=O)[C@H](C(=O)OC)[C@H](C)C2)[C@@H]1c1coc2ccc(C)cc2c1=O. The quantitative estimate of drug-likeness (QED) is 0.366. The minimum atomic E-state index is -1.08. The zero-order chi connectivity index (χ0) is 26.1. The number of esters is 2. The lowest BCUT2D eigenvalue weighted by Crippen LogP contribution is -2.44. The molecule has 0 saturated heterocycles. The average molecular weight is 496 g/mol. The lowest BCUT2D eigenvalue weighted by Gasteiger charge is -2.37. The van der Waals surface area contributed by atoms with Crippen molar-refractivity contribution in [1.29, 1.82) is 0 Å². The summed E-state index contributed by atoms with van der Waals surface area (Å²) in [5.74, 6) is -4.32. The summed E-state index contributed by atoms with van der Waals surface area (Å²) in [7, 11) is 2.71. The summed E-state index contributed by atoms with van der Waals surface area (Å²) >= 11 is 0. The Bertz CT molecular complexity index is 1370. The number of dihydropyridines is 1. The fourth-order valence-corrected chi connectivity index (χ4v) is 5.02. The van der Waals surface area contributed by atoms with Gasteiger partial charge in [-0.05, 0) is 38.3 Å². The minimum absolute atomic E-state index is 0.00791. The van der Waals surface area contributed by atoms with Gasteiger partial charge in [0.2, 0.25) is 0 Å². The van der Waals surface area contributed by atoms with Crippen molar-refractivity contribution in [2.75, 3.05) is 27.4 Å². The largest absolute Gasteiger partial charge is 0.468 e. The van der Waals surface area contributed by atoms with E-state index in [1.54, 1.807) is 26.0 Å². The first kappa shape index (κ1) is 25.4. The number of rotatable bonds is 6. The molecule has 0 radical (unpaired) electrons. The molecule has 3 atom stereocenters. The van der Waals surface area contributed by atoms with E-state index in [1.165, 1.54) is 20.5 Å². The number of benzene rings is 1. The summed E-state index contributed by atoms with van der Waals surface area (Å²) in [4.78, 5) is 53.4. The predicted octanol–water partition coefficient (Wildman–Crippen LogP) is 2.90. The van der Waals surface area contributed by atoms with Crippen LogP contribution in [0.4, 0.5) is 0 Å². The van der Waals surface area contributed by atoms with Gasteiger partial charge in [0.1, 0.15) is 18.1 Å². The Morgan fingerprint density at radius 3 is 2.58 bits per heavy atom. The number of Topliss-reactive ketones (excluding diaryl/α,β-unsaturated/α-hetero) is 1. The Balaban J connectivity index is 1.93. The van der Waals surface area contributed by atoms with E-state index >= 15 is 0 Å². The number of allylic oxidation sites excluding steroid dienone is 3. The van der Waals surface area contributed by atoms with E-state index in [4.69, 9.17) is 18.6 Å². The molecule has 36 heavy (non-hydrogen) atoms. The third-order valence-electron chi connectivity index (χ3n) is 6.75. The van der Waals surface area contributed by atoms with Crippen molar-refractivity contribution >= 4 is 28.7 Å². The number of nitrogens with one attached hydrogen (secondary N) is 1. The van der Waals surface area contributed by atoms with Gasteiger partial charge in [-0.15, -0.1) is 0 Å². The standard InChI is InChI=1S/C27H29NO8/c1-13-6-7-19-16(10-13)24(29)17(12-36-19)22-21(27(32)35-9-8-33-4)15(3)28-18-11-14(2)20(26(31)34-5)25(30)23(18)22/h6-7,10,12,14,20,22,28H,8-9,11H2,1-5H3/t14-,20-,22-/m1/s1. The van der Waals surface area contributed by atoms with E-state index in [2.05, 4.69) is 5.32 Å². The van der Waals surface area contributed by atoms with E-state index in [0.717, 1.165) is 5.56 Å². The van der Waals surface area contributed by atoms with Gasteiger partial charge < -0.3 is 23.9 Å². The molecule has 0 spiro atoms. The topological polar surface area (TPSA) is 121 Å². The van der Waals surface area contributed by atoms with Gasteiger partial charge in [0, 0.05) is 29.6 Å². The fourth-order valence-electron chi connectivity index (χ4n) is 5.02. The van der Waals surface area contributed by atoms with Crippen LogP contribution in [0.5, 0.6) is 0 Å². The number of aryl methyl sites for hydroxylation is 1. The fraction of sp³-hybridized carbons (Fsp3) is 0.407. The van der Waals surface area contributed by atoms with E-state index in [9.17, 15) is 19.2 Å². The van der Waals surface area contributed by atoms with Crippen molar-refractivity contribution in [2.45, 2.75) is 33.1 Å². The van der Waals surface area contributed by atoms with E-state index < -0.39 is 29.6 Å². The summed E-state index contributed by atoms with van der Waals surface area (Å²) < 4.78 is 21.1. The van der Waals surface area contributed by atoms with Crippen molar-refractivity contribution in [3.8, 4) is 0 Å². The van der Waals surface area contributed by atoms with Crippen LogP contribution in [0, 0.1) is 18.8 Å². The molecule has 0 amide bonds. The van der Waals surface area contributed by atoms with Crippen molar-refractivity contribution in [3.05, 3.63) is 68.4 Å². The molecule has 1 aromatic carbocycles. The first-order chi connectivity index (χ1) is 17.2. The number of carbonyl (C=O) groups excluding carboxylic acids is 3. The van der Waals surface area contributed by atoms with Crippen LogP contribution in [0.25, 0.3) is 11.0 Å². The van der Waals surface area contributed by atoms with Crippen LogP contribution >= 0.6 is 0 Å². The predicted molar refractivity (Wildman–Crippen MR) is 130 cm³/mol. The maximum Gasteiger partial charge on any atom is 0.336 e. The molecule has 4 rings (SSSR count). The van der Waals surface area contributed by atoms with Crippen LogP contribution in [-0.4, -0.2) is 45.2 Å².